The molecule has 0 saturated heterocycles. The van der Waals surface area contributed by atoms with Gasteiger partial charge < -0.3 is 0 Å². The van der Waals surface area contributed by atoms with Crippen molar-refractivity contribution >= 4 is 22.9 Å². The smallest absolute Gasteiger partial charge is 0.230 e. The second-order valence-electron chi connectivity index (χ2n) is 9.11. The molecular weight excluding hydrogens is 332 g/mol. The van der Waals surface area contributed by atoms with Gasteiger partial charge in [0.15, 0.2) is 0 Å². The highest BCUT2D eigenvalue weighted by molar-refractivity contribution is 6.33. The lowest BCUT2D eigenvalue weighted by Gasteiger charge is -2.38. The van der Waals surface area contributed by atoms with Crippen LogP contribution in [0.25, 0.3) is 10.5 Å². The first kappa shape index (κ1) is 18.3. The molecule has 5 heteroatoms. The van der Waals surface area contributed by atoms with Crippen molar-refractivity contribution in [3.8, 4) is 0 Å². The van der Waals surface area contributed by atoms with Gasteiger partial charge in [-0.1, -0.05) is 53.1 Å². The van der Waals surface area contributed by atoms with Gasteiger partial charge in [0, 0.05) is 11.0 Å². The van der Waals surface area contributed by atoms with E-state index < -0.39 is 0 Å². The Hall–Kier alpha value is -1.47. The van der Waals surface area contributed by atoms with E-state index in [0.29, 0.717) is 28.6 Å². The molecule has 3 rings (SSSR count). The number of aromatic nitrogens is 3. The maximum Gasteiger partial charge on any atom is 0.230 e. The molecule has 1 saturated carbocycles. The van der Waals surface area contributed by atoms with Crippen LogP contribution in [0.3, 0.4) is 0 Å². The van der Waals surface area contributed by atoms with Gasteiger partial charge in [-0.3, -0.25) is 5.10 Å². The van der Waals surface area contributed by atoms with Crippen LogP contribution in [0.1, 0.15) is 65.8 Å². The Kier molecular flexibility index (Phi) is 4.66. The molecule has 1 fully saturated rings. The average molecular weight is 361 g/mol. The zero-order valence-corrected chi connectivity index (χ0v) is 16.9. The summed E-state index contributed by atoms with van der Waals surface area (Å²) >= 11 is 6.52. The first-order chi connectivity index (χ1) is 11.6. The summed E-state index contributed by atoms with van der Waals surface area (Å²) in [7, 11) is 0. The van der Waals surface area contributed by atoms with E-state index in [1.54, 1.807) is 4.52 Å². The summed E-state index contributed by atoms with van der Waals surface area (Å²) in [6.07, 6.45) is 3.42. The molecule has 0 aromatic carbocycles. The highest BCUT2D eigenvalue weighted by atomic mass is 35.5. The summed E-state index contributed by atoms with van der Waals surface area (Å²) in [6, 6.07) is 0. The van der Waals surface area contributed by atoms with Crippen molar-refractivity contribution in [2.45, 2.75) is 66.2 Å². The van der Waals surface area contributed by atoms with Crippen LogP contribution in [-0.2, 0) is 11.8 Å². The van der Waals surface area contributed by atoms with Crippen LogP contribution in [-0.4, -0.2) is 14.6 Å². The first-order valence-electron chi connectivity index (χ1n) is 9.30. The third-order valence-corrected chi connectivity index (χ3v) is 6.21. The predicted molar refractivity (Wildman–Crippen MR) is 103 cm³/mol. The molecule has 2 heterocycles. The van der Waals surface area contributed by atoms with Crippen LogP contribution in [0.5, 0.6) is 0 Å². The minimum atomic E-state index is -0.0846. The van der Waals surface area contributed by atoms with Gasteiger partial charge in [-0.25, -0.2) is 14.3 Å². The fourth-order valence-corrected chi connectivity index (χ4v) is 4.85. The van der Waals surface area contributed by atoms with Crippen molar-refractivity contribution in [1.29, 1.82) is 0 Å². The normalized spacial score (nSPS) is 27.6. The number of hydrogen-bond acceptors (Lipinski definition) is 1. The quantitative estimate of drug-likeness (QED) is 0.652. The maximum absolute atomic E-state index is 7.61. The summed E-state index contributed by atoms with van der Waals surface area (Å²) in [5.41, 5.74) is 2.33. The van der Waals surface area contributed by atoms with Crippen LogP contribution in [0.4, 0.5) is 5.69 Å². The summed E-state index contributed by atoms with van der Waals surface area (Å²) < 4.78 is 1.80. The number of H-pyrrole nitrogens is 1. The number of hydrogen-bond donors (Lipinski definition) is 1. The molecule has 0 aliphatic heterocycles. The van der Waals surface area contributed by atoms with Crippen LogP contribution >= 0.6 is 11.6 Å². The molecule has 4 nitrogen and oxygen atoms in total. The minimum Gasteiger partial charge on any atom is -0.279 e. The summed E-state index contributed by atoms with van der Waals surface area (Å²) in [4.78, 5) is 8.56. The zero-order valence-electron chi connectivity index (χ0n) is 16.2. The molecule has 2 unspecified atom stereocenters. The SMILES string of the molecule is [C-]#[N+]c1c(CC2C(C)CC(C)CC2C)c2nc(C(C)(C)C)[nH]n2c1Cl. The zero-order chi connectivity index (χ0) is 18.5. The number of nitrogens with one attached hydrogen (secondary N) is 1. The van der Waals surface area contributed by atoms with Crippen LogP contribution in [0, 0.1) is 30.2 Å². The molecule has 1 aliphatic rings. The third kappa shape index (κ3) is 3.19. The van der Waals surface area contributed by atoms with Crippen molar-refractivity contribution in [2.75, 3.05) is 0 Å². The van der Waals surface area contributed by atoms with Crippen molar-refractivity contribution in [2.24, 2.45) is 23.7 Å². The van der Waals surface area contributed by atoms with Crippen molar-refractivity contribution in [3.63, 3.8) is 0 Å². The number of rotatable bonds is 2. The van der Waals surface area contributed by atoms with Gasteiger partial charge in [0.2, 0.25) is 5.69 Å². The van der Waals surface area contributed by atoms with Gasteiger partial charge >= 0.3 is 0 Å². The van der Waals surface area contributed by atoms with E-state index in [-0.39, 0.29) is 5.41 Å². The molecule has 0 spiro atoms. The fraction of sp³-hybridized carbons (Fsp3) is 0.700. The second kappa shape index (κ2) is 6.36. The van der Waals surface area contributed by atoms with Crippen molar-refractivity contribution < 1.29 is 0 Å². The summed E-state index contributed by atoms with van der Waals surface area (Å²) in [6.45, 7) is 21.1. The molecule has 0 radical (unpaired) electrons. The third-order valence-electron chi connectivity index (χ3n) is 5.87. The van der Waals surface area contributed by atoms with Gasteiger partial charge in [0.25, 0.3) is 0 Å². The van der Waals surface area contributed by atoms with Crippen LogP contribution in [0.15, 0.2) is 0 Å². The van der Waals surface area contributed by atoms with E-state index in [4.69, 9.17) is 23.2 Å². The number of nitrogens with zero attached hydrogens (tertiary/aromatic N) is 3. The van der Waals surface area contributed by atoms with E-state index in [1.807, 2.05) is 0 Å². The van der Waals surface area contributed by atoms with E-state index in [9.17, 15) is 0 Å². The molecular formula is C20H29ClN4. The van der Waals surface area contributed by atoms with E-state index in [1.165, 1.54) is 12.8 Å². The van der Waals surface area contributed by atoms with Gasteiger partial charge in [0.1, 0.15) is 16.6 Å². The van der Waals surface area contributed by atoms with E-state index in [0.717, 1.165) is 29.4 Å². The molecule has 2 aromatic rings. The topological polar surface area (TPSA) is 37.5 Å². The molecule has 0 bridgehead atoms. The highest BCUT2D eigenvalue weighted by Crippen LogP contribution is 2.43. The number of halogens is 1. The Balaban J connectivity index is 2.05. The lowest BCUT2D eigenvalue weighted by molar-refractivity contribution is 0.136. The maximum atomic E-state index is 7.61. The van der Waals surface area contributed by atoms with Crippen molar-refractivity contribution in [3.05, 3.63) is 28.0 Å². The van der Waals surface area contributed by atoms with E-state index >= 15 is 0 Å². The lowest BCUT2D eigenvalue weighted by Crippen LogP contribution is -2.30. The summed E-state index contributed by atoms with van der Waals surface area (Å²) in [5, 5.41) is 3.76. The predicted octanol–water partition coefficient (Wildman–Crippen LogP) is 6.02. The molecule has 1 N–H and O–H groups in total. The van der Waals surface area contributed by atoms with Crippen molar-refractivity contribution in [1.82, 2.24) is 14.6 Å². The van der Waals surface area contributed by atoms with Gasteiger partial charge in [-0.15, -0.1) is 0 Å². The molecule has 2 atom stereocenters. The van der Waals surface area contributed by atoms with Crippen LogP contribution < -0.4 is 0 Å². The fourth-order valence-electron chi connectivity index (χ4n) is 4.57. The lowest BCUT2D eigenvalue weighted by atomic mass is 9.67. The Morgan fingerprint density at radius 1 is 1.24 bits per heavy atom. The Labute approximate surface area is 155 Å². The second-order valence-corrected chi connectivity index (χ2v) is 9.47. The Morgan fingerprint density at radius 3 is 2.36 bits per heavy atom. The average Bonchev–Trinajstić information content (AvgIpc) is 3.02. The number of fused-ring (bicyclic) bond motifs is 1. The highest BCUT2D eigenvalue weighted by Gasteiger charge is 2.34. The molecule has 136 valence electrons. The molecule has 1 aliphatic carbocycles. The van der Waals surface area contributed by atoms with Crippen LogP contribution in [0.2, 0.25) is 5.15 Å². The molecule has 2 aromatic heterocycles. The van der Waals surface area contributed by atoms with E-state index in [2.05, 4.69) is 51.5 Å². The van der Waals surface area contributed by atoms with Gasteiger partial charge in [-0.2, -0.15) is 0 Å². The van der Waals surface area contributed by atoms with Gasteiger partial charge in [-0.05, 0) is 42.9 Å². The molecule has 0 amide bonds. The van der Waals surface area contributed by atoms with Gasteiger partial charge in [0.05, 0.1) is 6.57 Å². The molecule has 25 heavy (non-hydrogen) atoms. The standard InChI is InChI=1S/C20H29ClN4/c1-11-8-12(2)14(13(3)9-11)10-15-16(22-7)17(21)25-18(15)23-19(24-25)20(4,5)6/h11-14H,8-10H2,1-6H3,(H,23,24). The monoisotopic (exact) mass is 360 g/mol. The summed E-state index contributed by atoms with van der Waals surface area (Å²) in [5.74, 6) is 3.59. The Bertz CT molecular complexity index is 805. The Morgan fingerprint density at radius 2 is 1.84 bits per heavy atom. The first-order valence-corrected chi connectivity index (χ1v) is 9.68. The minimum absolute atomic E-state index is 0.0846. The largest absolute Gasteiger partial charge is 0.279 e. The number of aromatic amines is 1.